The van der Waals surface area contributed by atoms with Crippen molar-refractivity contribution in [3.05, 3.63) is 131 Å². The highest BCUT2D eigenvalue weighted by atomic mass is 14.9. The van der Waals surface area contributed by atoms with Crippen LogP contribution >= 0.6 is 0 Å². The summed E-state index contributed by atoms with van der Waals surface area (Å²) in [5.41, 5.74) is 10.7. The Kier molecular flexibility index (Phi) is 3.49. The number of benzene rings is 3. The van der Waals surface area contributed by atoms with Crippen molar-refractivity contribution in [1.29, 1.82) is 0 Å². The number of hydrogen-bond acceptors (Lipinski definition) is 1. The average Bonchev–Trinajstić information content (AvgIpc) is 2.95. The van der Waals surface area contributed by atoms with Gasteiger partial charge in [-0.15, -0.1) is 0 Å². The number of hydrogen-bond donors (Lipinski definition) is 1. The van der Waals surface area contributed by atoms with Crippen LogP contribution in [0.15, 0.2) is 108 Å². The Morgan fingerprint density at radius 1 is 0.759 bits per heavy atom. The molecule has 0 radical (unpaired) electrons. The van der Waals surface area contributed by atoms with Crippen molar-refractivity contribution in [1.82, 2.24) is 0 Å². The molecule has 0 fully saturated rings. The first kappa shape index (κ1) is 16.6. The molecule has 0 saturated carbocycles. The quantitative estimate of drug-likeness (QED) is 0.463. The van der Waals surface area contributed by atoms with Crippen LogP contribution in [0.4, 0.5) is 11.4 Å². The largest absolute Gasteiger partial charge is 0.355 e. The molecule has 1 spiro atoms. The van der Waals surface area contributed by atoms with Gasteiger partial charge in [-0.3, -0.25) is 0 Å². The highest BCUT2D eigenvalue weighted by Crippen LogP contribution is 2.59. The lowest BCUT2D eigenvalue weighted by Crippen LogP contribution is -2.41. The van der Waals surface area contributed by atoms with Crippen LogP contribution in [0, 0.1) is 5.92 Å². The van der Waals surface area contributed by atoms with E-state index < -0.39 is 0 Å². The topological polar surface area (TPSA) is 12.0 Å². The Morgan fingerprint density at radius 3 is 2.10 bits per heavy atom. The van der Waals surface area contributed by atoms with Gasteiger partial charge in [-0.05, 0) is 57.9 Å². The van der Waals surface area contributed by atoms with Crippen LogP contribution in [-0.2, 0) is 11.8 Å². The van der Waals surface area contributed by atoms with Crippen LogP contribution in [-0.4, -0.2) is 0 Å². The fraction of sp³-hybridized carbons (Fsp3) is 0.143. The summed E-state index contributed by atoms with van der Waals surface area (Å²) in [7, 11) is 0. The molecule has 0 aromatic heterocycles. The highest BCUT2D eigenvalue weighted by molar-refractivity contribution is 5.83. The lowest BCUT2D eigenvalue weighted by Gasteiger charge is -2.48. The van der Waals surface area contributed by atoms with Gasteiger partial charge in [0.05, 0.1) is 5.41 Å². The van der Waals surface area contributed by atoms with Crippen molar-refractivity contribution < 1.29 is 0 Å². The molecule has 1 heteroatoms. The average molecular weight is 373 g/mol. The van der Waals surface area contributed by atoms with Crippen molar-refractivity contribution in [2.45, 2.75) is 18.8 Å². The minimum Gasteiger partial charge on any atom is -0.355 e. The molecule has 6 rings (SSSR count). The van der Waals surface area contributed by atoms with E-state index in [1.54, 1.807) is 0 Å². The molecular formula is C28H23N. The van der Waals surface area contributed by atoms with Gasteiger partial charge in [0.1, 0.15) is 0 Å². The molecule has 0 amide bonds. The molecule has 1 unspecified atom stereocenters. The highest BCUT2D eigenvalue weighted by Gasteiger charge is 2.50. The fourth-order valence-electron chi connectivity index (χ4n) is 5.72. The zero-order chi connectivity index (χ0) is 19.4. The first-order valence-corrected chi connectivity index (χ1v) is 10.4. The van der Waals surface area contributed by atoms with Crippen LogP contribution in [0.5, 0.6) is 0 Å². The fourth-order valence-corrected chi connectivity index (χ4v) is 5.72. The van der Waals surface area contributed by atoms with Gasteiger partial charge in [-0.1, -0.05) is 91.9 Å². The maximum absolute atomic E-state index is 3.71. The zero-order valence-electron chi connectivity index (χ0n) is 16.5. The van der Waals surface area contributed by atoms with Crippen LogP contribution in [0.2, 0.25) is 0 Å². The van der Waals surface area contributed by atoms with E-state index in [4.69, 9.17) is 0 Å². The van der Waals surface area contributed by atoms with Crippen LogP contribution in [0.25, 0.3) is 0 Å². The molecule has 1 atom stereocenters. The van der Waals surface area contributed by atoms with Gasteiger partial charge in [-0.25, -0.2) is 0 Å². The van der Waals surface area contributed by atoms with Crippen molar-refractivity contribution >= 4 is 11.4 Å². The van der Waals surface area contributed by atoms with Crippen molar-refractivity contribution in [2.24, 2.45) is 5.92 Å². The van der Waals surface area contributed by atoms with E-state index in [2.05, 4.69) is 109 Å². The zero-order valence-corrected chi connectivity index (χ0v) is 16.5. The van der Waals surface area contributed by atoms with E-state index in [1.165, 1.54) is 44.8 Å². The van der Waals surface area contributed by atoms with Crippen LogP contribution in [0.3, 0.4) is 0 Å². The Balaban J connectivity index is 1.84. The molecule has 2 aliphatic carbocycles. The Labute approximate surface area is 172 Å². The summed E-state index contributed by atoms with van der Waals surface area (Å²) in [6, 6.07) is 26.7. The summed E-state index contributed by atoms with van der Waals surface area (Å²) in [6.07, 6.45) is 10.1. The van der Waals surface area contributed by atoms with Crippen molar-refractivity contribution in [3.8, 4) is 0 Å². The van der Waals surface area contributed by atoms with E-state index in [9.17, 15) is 0 Å². The standard InChI is InChI=1S/C28H23N/c1-19-10-2-3-12-21-18-20-11-4-5-13-22(20)28(27(19)21)23-14-6-8-16-25(23)29-26-17-9-7-15-24(26)28/h2-17,19,29H,18H2,1H3. The third-order valence-corrected chi connectivity index (χ3v) is 6.75. The number of para-hydroxylation sites is 2. The second-order valence-electron chi connectivity index (χ2n) is 8.27. The second kappa shape index (κ2) is 6.09. The van der Waals surface area contributed by atoms with Gasteiger partial charge in [-0.2, -0.15) is 0 Å². The molecule has 140 valence electrons. The Bertz CT molecular complexity index is 1180. The molecule has 29 heavy (non-hydrogen) atoms. The summed E-state index contributed by atoms with van der Waals surface area (Å²) < 4.78 is 0. The second-order valence-corrected chi connectivity index (χ2v) is 8.27. The molecule has 3 aromatic rings. The van der Waals surface area contributed by atoms with Crippen molar-refractivity contribution in [2.75, 3.05) is 5.32 Å². The number of fused-ring (bicyclic) bond motifs is 7. The van der Waals surface area contributed by atoms with Gasteiger partial charge in [0, 0.05) is 11.4 Å². The van der Waals surface area contributed by atoms with E-state index in [-0.39, 0.29) is 5.41 Å². The molecule has 3 aliphatic rings. The molecule has 3 aromatic carbocycles. The number of anilines is 2. The first-order valence-electron chi connectivity index (χ1n) is 10.4. The van der Waals surface area contributed by atoms with Gasteiger partial charge in [0.15, 0.2) is 0 Å². The number of nitrogens with one attached hydrogen (secondary N) is 1. The van der Waals surface area contributed by atoms with E-state index in [1.807, 2.05) is 0 Å². The number of rotatable bonds is 0. The third-order valence-electron chi connectivity index (χ3n) is 6.75. The predicted octanol–water partition coefficient (Wildman–Crippen LogP) is 6.69. The van der Waals surface area contributed by atoms with Gasteiger partial charge in [0.2, 0.25) is 0 Å². The molecule has 0 saturated heterocycles. The van der Waals surface area contributed by atoms with Crippen LogP contribution in [0.1, 0.15) is 29.2 Å². The smallest absolute Gasteiger partial charge is 0.0716 e. The molecule has 1 N–H and O–H groups in total. The normalized spacial score (nSPS) is 20.2. The summed E-state index contributed by atoms with van der Waals surface area (Å²) in [6.45, 7) is 2.35. The van der Waals surface area contributed by atoms with Gasteiger partial charge < -0.3 is 5.32 Å². The Morgan fingerprint density at radius 2 is 1.38 bits per heavy atom. The summed E-state index contributed by atoms with van der Waals surface area (Å²) >= 11 is 0. The molecule has 1 heterocycles. The van der Waals surface area contributed by atoms with Gasteiger partial charge in [0.25, 0.3) is 0 Å². The molecule has 0 bridgehead atoms. The minimum absolute atomic E-state index is 0.277. The SMILES string of the molecule is CC1C=CC=CC2=C1C1(c3ccccc3C2)c2ccccc2Nc2ccccc21. The summed E-state index contributed by atoms with van der Waals surface area (Å²) in [5, 5.41) is 3.71. The Hall–Kier alpha value is -3.32. The third kappa shape index (κ3) is 2.16. The lowest BCUT2D eigenvalue weighted by molar-refractivity contribution is 0.607. The monoisotopic (exact) mass is 373 g/mol. The van der Waals surface area contributed by atoms with E-state index >= 15 is 0 Å². The molecule has 1 aliphatic heterocycles. The van der Waals surface area contributed by atoms with E-state index in [0.29, 0.717) is 5.92 Å². The summed E-state index contributed by atoms with van der Waals surface area (Å²) in [4.78, 5) is 0. The molecular weight excluding hydrogens is 350 g/mol. The first-order chi connectivity index (χ1) is 14.3. The lowest BCUT2D eigenvalue weighted by atomic mass is 9.55. The number of allylic oxidation sites excluding steroid dienone is 6. The minimum atomic E-state index is -0.277. The van der Waals surface area contributed by atoms with Crippen LogP contribution < -0.4 is 5.32 Å². The summed E-state index contributed by atoms with van der Waals surface area (Å²) in [5.74, 6) is 0.354. The molecule has 1 nitrogen and oxygen atoms in total. The predicted molar refractivity (Wildman–Crippen MR) is 121 cm³/mol. The van der Waals surface area contributed by atoms with Gasteiger partial charge >= 0.3 is 0 Å². The van der Waals surface area contributed by atoms with Crippen molar-refractivity contribution in [3.63, 3.8) is 0 Å². The maximum atomic E-state index is 3.71. The maximum Gasteiger partial charge on any atom is 0.0716 e. The van der Waals surface area contributed by atoms with E-state index in [0.717, 1.165) is 6.42 Å².